The SMILES string of the molecule is CCOc1ccc(CCC(=O)N(Cc2ccc(C)cc2)[C@@H](Cc2ccccc2)C(=O)N[C@H](C)CC)cc1OCC. The van der Waals surface area contributed by atoms with Gasteiger partial charge in [-0.1, -0.05) is 73.2 Å². The van der Waals surface area contributed by atoms with E-state index < -0.39 is 6.04 Å². The summed E-state index contributed by atoms with van der Waals surface area (Å²) in [6.07, 6.45) is 2.06. The van der Waals surface area contributed by atoms with Gasteiger partial charge in [0.05, 0.1) is 13.2 Å². The fraction of sp³-hybridized carbons (Fsp3) is 0.412. The summed E-state index contributed by atoms with van der Waals surface area (Å²) in [5.74, 6) is 1.19. The quantitative estimate of drug-likeness (QED) is 0.245. The standard InChI is InChI=1S/C34H44N2O4/c1-6-26(5)35-34(38)30(22-27-12-10-9-11-13-27)36(24-29-16-14-25(4)15-17-29)33(37)21-19-28-18-20-31(39-7-2)32(23-28)40-8-3/h9-18,20,23,26,30H,6-8,19,21-22,24H2,1-5H3,(H,35,38)/t26-,30+/m1/s1. The first kappa shape index (κ1) is 30.7. The molecule has 0 fully saturated rings. The molecular formula is C34H44N2O4. The monoisotopic (exact) mass is 544 g/mol. The van der Waals surface area contributed by atoms with Crippen LogP contribution in [0.15, 0.2) is 72.8 Å². The van der Waals surface area contributed by atoms with Crippen molar-refractivity contribution < 1.29 is 19.1 Å². The van der Waals surface area contributed by atoms with Crippen LogP contribution in [0.2, 0.25) is 0 Å². The molecule has 0 saturated carbocycles. The Labute approximate surface area is 239 Å². The van der Waals surface area contributed by atoms with Crippen molar-refractivity contribution >= 4 is 11.8 Å². The first-order chi connectivity index (χ1) is 19.3. The van der Waals surface area contributed by atoms with Crippen LogP contribution in [0.1, 0.15) is 62.8 Å². The van der Waals surface area contributed by atoms with E-state index in [0.717, 1.165) is 28.7 Å². The predicted molar refractivity (Wildman–Crippen MR) is 161 cm³/mol. The highest BCUT2D eigenvalue weighted by atomic mass is 16.5. The largest absolute Gasteiger partial charge is 0.490 e. The summed E-state index contributed by atoms with van der Waals surface area (Å²) in [6.45, 7) is 11.4. The van der Waals surface area contributed by atoms with Crippen LogP contribution in [0.4, 0.5) is 0 Å². The van der Waals surface area contributed by atoms with Gasteiger partial charge in [-0.05, 0) is 69.4 Å². The number of aryl methyl sites for hydroxylation is 2. The summed E-state index contributed by atoms with van der Waals surface area (Å²) in [4.78, 5) is 29.4. The zero-order valence-corrected chi connectivity index (χ0v) is 24.6. The number of amides is 2. The molecule has 2 amide bonds. The highest BCUT2D eigenvalue weighted by Gasteiger charge is 2.30. The van der Waals surface area contributed by atoms with E-state index in [1.807, 2.05) is 107 Å². The van der Waals surface area contributed by atoms with Crippen LogP contribution in [0, 0.1) is 6.92 Å². The maximum absolute atomic E-state index is 13.9. The van der Waals surface area contributed by atoms with Gasteiger partial charge in [0.25, 0.3) is 0 Å². The molecule has 214 valence electrons. The van der Waals surface area contributed by atoms with Gasteiger partial charge in [-0.3, -0.25) is 9.59 Å². The molecule has 1 N–H and O–H groups in total. The Hall–Kier alpha value is -3.80. The number of rotatable bonds is 15. The van der Waals surface area contributed by atoms with Crippen molar-refractivity contribution in [2.45, 2.75) is 78.9 Å². The van der Waals surface area contributed by atoms with E-state index in [2.05, 4.69) is 5.32 Å². The summed E-state index contributed by atoms with van der Waals surface area (Å²) >= 11 is 0. The summed E-state index contributed by atoms with van der Waals surface area (Å²) in [5, 5.41) is 3.13. The molecule has 0 unspecified atom stereocenters. The Kier molecular flexibility index (Phi) is 12.1. The van der Waals surface area contributed by atoms with Crippen molar-refractivity contribution in [2.24, 2.45) is 0 Å². The average Bonchev–Trinajstić information content (AvgIpc) is 2.96. The van der Waals surface area contributed by atoms with Crippen LogP contribution in [0.5, 0.6) is 11.5 Å². The van der Waals surface area contributed by atoms with Crippen molar-refractivity contribution in [3.63, 3.8) is 0 Å². The lowest BCUT2D eigenvalue weighted by Gasteiger charge is -2.32. The number of nitrogens with zero attached hydrogens (tertiary/aromatic N) is 1. The smallest absolute Gasteiger partial charge is 0.243 e. The molecule has 0 aliphatic rings. The molecule has 0 bridgehead atoms. The lowest BCUT2D eigenvalue weighted by Crippen LogP contribution is -2.52. The summed E-state index contributed by atoms with van der Waals surface area (Å²) < 4.78 is 11.5. The molecule has 0 aliphatic heterocycles. The molecule has 3 rings (SSSR count). The van der Waals surface area contributed by atoms with Gasteiger partial charge >= 0.3 is 0 Å². The number of benzene rings is 3. The van der Waals surface area contributed by atoms with E-state index in [9.17, 15) is 9.59 Å². The van der Waals surface area contributed by atoms with Crippen molar-refractivity contribution in [2.75, 3.05) is 13.2 Å². The number of carbonyl (C=O) groups excluding carboxylic acids is 2. The van der Waals surface area contributed by atoms with E-state index in [1.165, 1.54) is 0 Å². The molecule has 0 radical (unpaired) electrons. The van der Waals surface area contributed by atoms with Crippen molar-refractivity contribution in [3.8, 4) is 11.5 Å². The van der Waals surface area contributed by atoms with Gasteiger partial charge < -0.3 is 19.7 Å². The maximum Gasteiger partial charge on any atom is 0.243 e. The molecule has 0 aliphatic carbocycles. The molecule has 0 heterocycles. The van der Waals surface area contributed by atoms with E-state index in [1.54, 1.807) is 4.90 Å². The van der Waals surface area contributed by atoms with Crippen LogP contribution < -0.4 is 14.8 Å². The number of hydrogen-bond acceptors (Lipinski definition) is 4. The Morgan fingerprint density at radius 3 is 2.12 bits per heavy atom. The number of ether oxygens (including phenoxy) is 2. The van der Waals surface area contributed by atoms with Gasteiger partial charge in [0.2, 0.25) is 11.8 Å². The third-order valence-corrected chi connectivity index (χ3v) is 6.98. The van der Waals surface area contributed by atoms with Gasteiger partial charge in [-0.25, -0.2) is 0 Å². The lowest BCUT2D eigenvalue weighted by atomic mass is 10.0. The summed E-state index contributed by atoms with van der Waals surface area (Å²) in [6, 6.07) is 23.2. The molecule has 40 heavy (non-hydrogen) atoms. The van der Waals surface area contributed by atoms with Gasteiger partial charge in [-0.15, -0.1) is 0 Å². The van der Waals surface area contributed by atoms with Gasteiger partial charge in [0.1, 0.15) is 6.04 Å². The topological polar surface area (TPSA) is 67.9 Å². The second kappa shape index (κ2) is 15.7. The minimum Gasteiger partial charge on any atom is -0.490 e. The maximum atomic E-state index is 13.9. The van der Waals surface area contributed by atoms with E-state index in [0.29, 0.717) is 44.1 Å². The molecular weight excluding hydrogens is 500 g/mol. The highest BCUT2D eigenvalue weighted by Crippen LogP contribution is 2.29. The Morgan fingerprint density at radius 1 is 0.825 bits per heavy atom. The average molecular weight is 545 g/mol. The minimum atomic E-state index is -0.635. The van der Waals surface area contributed by atoms with Crippen molar-refractivity contribution in [1.82, 2.24) is 10.2 Å². The first-order valence-electron chi connectivity index (χ1n) is 14.4. The molecule has 0 aromatic heterocycles. The molecule has 3 aromatic carbocycles. The van der Waals surface area contributed by atoms with Gasteiger partial charge in [0.15, 0.2) is 11.5 Å². The fourth-order valence-corrected chi connectivity index (χ4v) is 4.53. The molecule has 2 atom stereocenters. The number of hydrogen-bond donors (Lipinski definition) is 1. The van der Waals surface area contributed by atoms with Gasteiger partial charge in [-0.2, -0.15) is 0 Å². The minimum absolute atomic E-state index is 0.0166. The summed E-state index contributed by atoms with van der Waals surface area (Å²) in [5.41, 5.74) is 4.14. The van der Waals surface area contributed by atoms with E-state index in [4.69, 9.17) is 9.47 Å². The third kappa shape index (κ3) is 9.15. The Balaban J connectivity index is 1.90. The van der Waals surface area contributed by atoms with Crippen molar-refractivity contribution in [3.05, 3.63) is 95.1 Å². The molecule has 0 spiro atoms. The molecule has 3 aromatic rings. The van der Waals surface area contributed by atoms with Crippen molar-refractivity contribution in [1.29, 1.82) is 0 Å². The second-order valence-corrected chi connectivity index (χ2v) is 10.2. The van der Waals surface area contributed by atoms with Gasteiger partial charge in [0, 0.05) is 25.4 Å². The zero-order chi connectivity index (χ0) is 28.9. The van der Waals surface area contributed by atoms with Crippen LogP contribution in [0.25, 0.3) is 0 Å². The summed E-state index contributed by atoms with van der Waals surface area (Å²) in [7, 11) is 0. The first-order valence-corrected chi connectivity index (χ1v) is 14.4. The lowest BCUT2D eigenvalue weighted by molar-refractivity contribution is -0.141. The second-order valence-electron chi connectivity index (χ2n) is 10.2. The molecule has 0 saturated heterocycles. The Bertz CT molecular complexity index is 1210. The van der Waals surface area contributed by atoms with Crippen LogP contribution in [-0.4, -0.2) is 42.0 Å². The fourth-order valence-electron chi connectivity index (χ4n) is 4.53. The van der Waals surface area contributed by atoms with Crippen LogP contribution >= 0.6 is 0 Å². The normalized spacial score (nSPS) is 12.3. The van der Waals surface area contributed by atoms with Crippen LogP contribution in [0.3, 0.4) is 0 Å². The van der Waals surface area contributed by atoms with E-state index in [-0.39, 0.29) is 24.3 Å². The highest BCUT2D eigenvalue weighted by molar-refractivity contribution is 5.88. The van der Waals surface area contributed by atoms with Crippen LogP contribution in [-0.2, 0) is 29.0 Å². The number of nitrogens with one attached hydrogen (secondary N) is 1. The molecule has 6 nitrogen and oxygen atoms in total. The zero-order valence-electron chi connectivity index (χ0n) is 24.6. The molecule has 6 heteroatoms. The predicted octanol–water partition coefficient (Wildman–Crippen LogP) is 6.28. The van der Waals surface area contributed by atoms with E-state index >= 15 is 0 Å². The Morgan fingerprint density at radius 2 is 1.48 bits per heavy atom. The number of carbonyl (C=O) groups is 2. The third-order valence-electron chi connectivity index (χ3n) is 6.98.